The number of hydrogen-bond donors (Lipinski definition) is 1. The number of aliphatic carboxylic acids is 1. The molecule has 3 rings (SSSR count). The summed E-state index contributed by atoms with van der Waals surface area (Å²) in [6.45, 7) is 0.873. The number of quaternary nitrogens is 1. The molecular weight excluding hydrogens is 366 g/mol. The highest BCUT2D eigenvalue weighted by Crippen LogP contribution is 2.36. The summed E-state index contributed by atoms with van der Waals surface area (Å²) in [5.74, 6) is 0.195. The van der Waals surface area contributed by atoms with Crippen molar-refractivity contribution >= 4 is 28.9 Å². The summed E-state index contributed by atoms with van der Waals surface area (Å²) >= 11 is 0.830. The molecule has 1 aliphatic heterocycles. The molecule has 0 aliphatic carbocycles. The molecule has 1 N–H and O–H groups in total. The van der Waals surface area contributed by atoms with E-state index in [1.165, 1.54) is 0 Å². The smallest absolute Gasteiger partial charge is 0.326 e. The third kappa shape index (κ3) is 4.96. The van der Waals surface area contributed by atoms with Crippen LogP contribution in [0.3, 0.4) is 0 Å². The Bertz CT molecular complexity index is 837. The van der Waals surface area contributed by atoms with Crippen LogP contribution in [-0.4, -0.2) is 32.5 Å². The van der Waals surface area contributed by atoms with Crippen molar-refractivity contribution in [3.8, 4) is 11.5 Å². The van der Waals surface area contributed by atoms with Crippen LogP contribution in [0.4, 0.5) is 0 Å². The highest BCUT2D eigenvalue weighted by atomic mass is 32.2. The molecule has 1 heterocycles. The van der Waals surface area contributed by atoms with Crippen molar-refractivity contribution in [2.45, 2.75) is 25.8 Å². The molecule has 0 aromatic heterocycles. The van der Waals surface area contributed by atoms with Crippen molar-refractivity contribution in [1.82, 2.24) is 0 Å². The Balaban J connectivity index is 1.71. The number of carbonyl (C=O) groups excluding carboxylic acids is 2. The third-order valence-electron chi connectivity index (χ3n) is 4.28. The van der Waals surface area contributed by atoms with Crippen molar-refractivity contribution in [1.29, 1.82) is 0 Å². The van der Waals surface area contributed by atoms with E-state index in [0.29, 0.717) is 31.7 Å². The second-order valence-corrected chi connectivity index (χ2v) is 7.70. The number of carboxylic acid groups (broad SMARTS) is 1. The number of carbonyl (C=O) groups is 3. The second-order valence-electron chi connectivity index (χ2n) is 6.36. The molecule has 1 aliphatic rings. The molecule has 1 unspecified atom stereocenters. The van der Waals surface area contributed by atoms with Gasteiger partial charge in [0.05, 0.1) is 13.0 Å². The molecule has 7 heteroatoms. The largest absolute Gasteiger partial charge is 0.481 e. The summed E-state index contributed by atoms with van der Waals surface area (Å²) in [5.41, 5.74) is 0.890. The van der Waals surface area contributed by atoms with Crippen LogP contribution in [0.5, 0.6) is 11.5 Å². The van der Waals surface area contributed by atoms with Crippen LogP contribution in [0.15, 0.2) is 54.6 Å². The summed E-state index contributed by atoms with van der Waals surface area (Å²) in [5, 5.41) is 8.31. The molecule has 2 aromatic carbocycles. The van der Waals surface area contributed by atoms with Gasteiger partial charge < -0.3 is 9.84 Å². The summed E-state index contributed by atoms with van der Waals surface area (Å²) in [6.07, 6.45) is 0.520. The summed E-state index contributed by atoms with van der Waals surface area (Å²) in [4.78, 5) is 35.2. The van der Waals surface area contributed by atoms with Gasteiger partial charge in [0.2, 0.25) is 0 Å². The van der Waals surface area contributed by atoms with Gasteiger partial charge in [0.1, 0.15) is 24.5 Å². The average Bonchev–Trinajstić information content (AvgIpc) is 2.97. The minimum Gasteiger partial charge on any atom is -0.481 e. The number of likely N-dealkylation sites (tertiary alicyclic amines) is 1. The number of amides is 1. The molecule has 2 aromatic rings. The van der Waals surface area contributed by atoms with Crippen LogP contribution in [-0.2, 0) is 20.9 Å². The number of rotatable bonds is 7. The van der Waals surface area contributed by atoms with Crippen molar-refractivity contribution in [2.24, 2.45) is 0 Å². The molecule has 1 amide bonds. The molecule has 27 heavy (non-hydrogen) atoms. The molecule has 0 radical (unpaired) electrons. The van der Waals surface area contributed by atoms with E-state index in [1.807, 2.05) is 54.6 Å². The molecular formula is C20H20NO5S+. The van der Waals surface area contributed by atoms with Gasteiger partial charge in [-0.1, -0.05) is 18.2 Å². The minimum atomic E-state index is -1.18. The zero-order chi connectivity index (χ0) is 19.3. The first-order valence-corrected chi connectivity index (χ1v) is 9.41. The van der Waals surface area contributed by atoms with E-state index in [2.05, 4.69) is 0 Å². The molecule has 1 saturated heterocycles. The lowest BCUT2D eigenvalue weighted by atomic mass is 10.2. The van der Waals surface area contributed by atoms with Gasteiger partial charge >= 0.3 is 11.9 Å². The van der Waals surface area contributed by atoms with Gasteiger partial charge in [-0.3, -0.25) is 9.59 Å². The fourth-order valence-corrected chi connectivity index (χ4v) is 4.25. The van der Waals surface area contributed by atoms with Gasteiger partial charge in [-0.15, -0.1) is 0 Å². The molecule has 0 spiro atoms. The van der Waals surface area contributed by atoms with E-state index in [9.17, 15) is 14.4 Å². The van der Waals surface area contributed by atoms with Crippen molar-refractivity contribution in [2.75, 3.05) is 6.54 Å². The van der Waals surface area contributed by atoms with Crippen molar-refractivity contribution < 1.29 is 28.1 Å². The van der Waals surface area contributed by atoms with E-state index < -0.39 is 17.5 Å². The van der Waals surface area contributed by atoms with Crippen LogP contribution >= 0.6 is 11.9 Å². The number of benzene rings is 2. The molecule has 6 nitrogen and oxygen atoms in total. The van der Waals surface area contributed by atoms with E-state index in [4.69, 9.17) is 9.84 Å². The monoisotopic (exact) mass is 386 g/mol. The van der Waals surface area contributed by atoms with Crippen LogP contribution < -0.4 is 4.74 Å². The average molecular weight is 386 g/mol. The predicted molar refractivity (Wildman–Crippen MR) is 101 cm³/mol. The van der Waals surface area contributed by atoms with Gasteiger partial charge in [0, 0.05) is 12.0 Å². The summed E-state index contributed by atoms with van der Waals surface area (Å²) < 4.78 is 5.68. The van der Waals surface area contributed by atoms with Crippen LogP contribution in [0.2, 0.25) is 0 Å². The van der Waals surface area contributed by atoms with Gasteiger partial charge in [0.15, 0.2) is 11.9 Å². The Hall–Kier alpha value is -2.64. The Labute approximate surface area is 161 Å². The quantitative estimate of drug-likeness (QED) is 0.443. The maximum absolute atomic E-state index is 12.5. The Kier molecular flexibility index (Phi) is 5.93. The molecule has 0 bridgehead atoms. The molecule has 1 atom stereocenters. The zero-order valence-electron chi connectivity index (χ0n) is 14.7. The second kappa shape index (κ2) is 8.37. The van der Waals surface area contributed by atoms with Crippen molar-refractivity contribution in [3.63, 3.8) is 0 Å². The lowest BCUT2D eigenvalue weighted by molar-refractivity contribution is -0.720. The number of nitrogens with zero attached hydrogens (tertiary/aromatic N) is 1. The first kappa shape index (κ1) is 19.1. The van der Waals surface area contributed by atoms with Gasteiger partial charge in [-0.25, -0.2) is 4.79 Å². The highest BCUT2D eigenvalue weighted by molar-refractivity contribution is 8.09. The summed E-state index contributed by atoms with van der Waals surface area (Å²) in [6, 6.07) is 16.8. The Morgan fingerprint density at radius 3 is 2.30 bits per heavy atom. The lowest BCUT2D eigenvalue weighted by Gasteiger charge is -2.27. The lowest BCUT2D eigenvalue weighted by Crippen LogP contribution is -2.42. The molecule has 140 valence electrons. The maximum atomic E-state index is 12.5. The first-order valence-electron chi connectivity index (χ1n) is 8.63. The van der Waals surface area contributed by atoms with E-state index in [-0.39, 0.29) is 9.80 Å². The molecule has 0 saturated carbocycles. The van der Waals surface area contributed by atoms with E-state index >= 15 is 0 Å². The number of para-hydroxylation sites is 1. The first-order chi connectivity index (χ1) is 13.0. The van der Waals surface area contributed by atoms with Crippen LogP contribution in [0, 0.1) is 0 Å². The third-order valence-corrected chi connectivity index (χ3v) is 5.49. The number of hydrogen-bond acceptors (Lipinski definition) is 5. The fourth-order valence-electron chi connectivity index (χ4n) is 3.04. The highest BCUT2D eigenvalue weighted by Gasteiger charge is 2.45. The molecule has 1 fully saturated rings. The zero-order valence-corrected chi connectivity index (χ0v) is 15.5. The fraction of sp³-hybridized carbons (Fsp3) is 0.250. The van der Waals surface area contributed by atoms with Gasteiger partial charge in [0.25, 0.3) is 5.12 Å². The SMILES string of the molecule is O=C(O)CC(=O)S[N+]1(Cc2ccc(Oc3ccccc3)cc2)CCCC1=O. The Morgan fingerprint density at radius 2 is 1.70 bits per heavy atom. The Morgan fingerprint density at radius 1 is 1.04 bits per heavy atom. The van der Waals surface area contributed by atoms with Crippen molar-refractivity contribution in [3.05, 3.63) is 60.2 Å². The number of ether oxygens (including phenoxy) is 1. The van der Waals surface area contributed by atoms with E-state index in [0.717, 1.165) is 23.3 Å². The van der Waals surface area contributed by atoms with Crippen LogP contribution in [0.25, 0.3) is 0 Å². The van der Waals surface area contributed by atoms with E-state index in [1.54, 1.807) is 0 Å². The van der Waals surface area contributed by atoms with Crippen LogP contribution in [0.1, 0.15) is 24.8 Å². The van der Waals surface area contributed by atoms with Gasteiger partial charge in [-0.05, 0) is 36.4 Å². The minimum absolute atomic E-state index is 0.0386. The predicted octanol–water partition coefficient (Wildman–Crippen LogP) is 3.77. The number of carboxylic acids is 1. The standard InChI is InChI=1S/C20H19NO5S/c22-18-7-4-12-21(18,27-20(25)13-19(23)24)14-15-8-10-17(11-9-15)26-16-5-2-1-3-6-16/h1-3,5-6,8-11H,4,7,12-14H2/p+1. The normalized spacial score (nSPS) is 19.0. The maximum Gasteiger partial charge on any atom is 0.326 e. The topological polar surface area (TPSA) is 80.7 Å². The summed E-state index contributed by atoms with van der Waals surface area (Å²) in [7, 11) is 0. The van der Waals surface area contributed by atoms with Gasteiger partial charge in [-0.2, -0.15) is 3.89 Å².